The summed E-state index contributed by atoms with van der Waals surface area (Å²) < 4.78 is 0. The predicted octanol–water partition coefficient (Wildman–Crippen LogP) is 2.65. The van der Waals surface area contributed by atoms with E-state index in [1.807, 2.05) is 12.1 Å². The first kappa shape index (κ1) is 17.0. The van der Waals surface area contributed by atoms with Crippen LogP contribution in [0.5, 0.6) is 0 Å². The third kappa shape index (κ3) is 3.32. The molecule has 1 aliphatic heterocycles. The van der Waals surface area contributed by atoms with Crippen molar-refractivity contribution in [2.24, 2.45) is 0 Å². The quantitative estimate of drug-likeness (QED) is 0.923. The SMILES string of the molecule is CCC(CO)N1CCN(c2cc(C#N)c3cc(Cl)ccc3n2)CC1. The van der Waals surface area contributed by atoms with E-state index in [0.29, 0.717) is 10.6 Å². The molecule has 1 unspecified atom stereocenters. The van der Waals surface area contributed by atoms with Crippen LogP contribution >= 0.6 is 11.6 Å². The molecule has 0 saturated carbocycles. The summed E-state index contributed by atoms with van der Waals surface area (Å²) >= 11 is 6.04. The molecule has 1 atom stereocenters. The zero-order chi connectivity index (χ0) is 17.1. The van der Waals surface area contributed by atoms with Gasteiger partial charge >= 0.3 is 0 Å². The van der Waals surface area contributed by atoms with Gasteiger partial charge in [0.15, 0.2) is 0 Å². The van der Waals surface area contributed by atoms with Crippen LogP contribution in [0.15, 0.2) is 24.3 Å². The van der Waals surface area contributed by atoms with Crippen LogP contribution in [0.1, 0.15) is 18.9 Å². The predicted molar refractivity (Wildman–Crippen MR) is 96.4 cm³/mol. The Morgan fingerprint density at radius 3 is 2.67 bits per heavy atom. The lowest BCUT2D eigenvalue weighted by Gasteiger charge is -2.39. The molecule has 24 heavy (non-hydrogen) atoms. The second-order valence-corrected chi connectivity index (χ2v) is 6.51. The van der Waals surface area contributed by atoms with Crippen molar-refractivity contribution >= 4 is 28.3 Å². The van der Waals surface area contributed by atoms with Gasteiger partial charge in [-0.15, -0.1) is 0 Å². The fraction of sp³-hybridized carbons (Fsp3) is 0.444. The highest BCUT2D eigenvalue weighted by Gasteiger charge is 2.23. The van der Waals surface area contributed by atoms with Crippen molar-refractivity contribution in [3.05, 3.63) is 34.9 Å². The summed E-state index contributed by atoms with van der Waals surface area (Å²) in [6, 6.07) is 9.77. The average molecular weight is 345 g/mol. The minimum atomic E-state index is 0.198. The summed E-state index contributed by atoms with van der Waals surface area (Å²) in [7, 11) is 0. The first-order valence-electron chi connectivity index (χ1n) is 8.26. The summed E-state index contributed by atoms with van der Waals surface area (Å²) in [5.74, 6) is 0.832. The molecule has 3 rings (SSSR count). The van der Waals surface area contributed by atoms with E-state index >= 15 is 0 Å². The Kier molecular flexibility index (Phi) is 5.20. The monoisotopic (exact) mass is 344 g/mol. The standard InChI is InChI=1S/C18H21ClN4O/c1-2-15(12-24)22-5-7-23(8-6-22)18-9-13(11-20)16-10-14(19)3-4-17(16)21-18/h3-4,9-10,15,24H,2,5-8,12H2,1H3. The molecular weight excluding hydrogens is 324 g/mol. The number of aliphatic hydroxyl groups excluding tert-OH is 1. The first-order chi connectivity index (χ1) is 11.7. The molecule has 1 fully saturated rings. The van der Waals surface area contributed by atoms with Crippen molar-refractivity contribution in [2.45, 2.75) is 19.4 Å². The molecule has 0 radical (unpaired) electrons. The third-order valence-electron chi connectivity index (χ3n) is 4.71. The molecule has 126 valence electrons. The van der Waals surface area contributed by atoms with E-state index in [2.05, 4.69) is 22.8 Å². The Morgan fingerprint density at radius 2 is 2.04 bits per heavy atom. The van der Waals surface area contributed by atoms with Gasteiger partial charge < -0.3 is 10.0 Å². The summed E-state index contributed by atoms with van der Waals surface area (Å²) in [6.45, 7) is 5.76. The summed E-state index contributed by atoms with van der Waals surface area (Å²) in [6.07, 6.45) is 0.948. The van der Waals surface area contributed by atoms with Gasteiger partial charge in [0.25, 0.3) is 0 Å². The van der Waals surface area contributed by atoms with E-state index in [1.54, 1.807) is 12.1 Å². The molecule has 1 aliphatic rings. The van der Waals surface area contributed by atoms with Crippen molar-refractivity contribution < 1.29 is 5.11 Å². The van der Waals surface area contributed by atoms with Crippen molar-refractivity contribution in [1.82, 2.24) is 9.88 Å². The summed E-state index contributed by atoms with van der Waals surface area (Å²) in [5, 5.41) is 20.3. The van der Waals surface area contributed by atoms with Gasteiger partial charge in [0.05, 0.1) is 23.8 Å². The Bertz CT molecular complexity index is 761. The Hall–Kier alpha value is -1.87. The highest BCUT2D eigenvalue weighted by molar-refractivity contribution is 6.31. The lowest BCUT2D eigenvalue weighted by atomic mass is 10.1. The van der Waals surface area contributed by atoms with Gasteiger partial charge in [-0.25, -0.2) is 4.98 Å². The molecule has 1 saturated heterocycles. The van der Waals surface area contributed by atoms with Crippen LogP contribution in [-0.4, -0.2) is 53.8 Å². The maximum atomic E-state index is 9.46. The molecule has 2 heterocycles. The molecular formula is C18H21ClN4O. The number of halogens is 1. The van der Waals surface area contributed by atoms with E-state index in [4.69, 9.17) is 16.6 Å². The first-order valence-corrected chi connectivity index (χ1v) is 8.64. The van der Waals surface area contributed by atoms with Crippen molar-refractivity contribution in [1.29, 1.82) is 5.26 Å². The number of nitriles is 1. The van der Waals surface area contributed by atoms with Gasteiger partial charge in [-0.1, -0.05) is 18.5 Å². The Morgan fingerprint density at radius 1 is 1.29 bits per heavy atom. The lowest BCUT2D eigenvalue weighted by molar-refractivity contribution is 0.114. The van der Waals surface area contributed by atoms with E-state index < -0.39 is 0 Å². The van der Waals surface area contributed by atoms with Crippen LogP contribution in [0, 0.1) is 11.3 Å². The lowest BCUT2D eigenvalue weighted by Crippen LogP contribution is -2.51. The van der Waals surface area contributed by atoms with E-state index in [9.17, 15) is 10.4 Å². The maximum Gasteiger partial charge on any atom is 0.130 e. The normalized spacial score (nSPS) is 17.0. The van der Waals surface area contributed by atoms with E-state index in [0.717, 1.165) is 49.3 Å². The largest absolute Gasteiger partial charge is 0.395 e. The summed E-state index contributed by atoms with van der Waals surface area (Å²) in [5.41, 5.74) is 1.39. The van der Waals surface area contributed by atoms with Gasteiger partial charge in [-0.2, -0.15) is 5.26 Å². The Labute approximate surface area is 147 Å². The van der Waals surface area contributed by atoms with Gasteiger partial charge in [0, 0.05) is 42.6 Å². The van der Waals surface area contributed by atoms with Gasteiger partial charge in [-0.3, -0.25) is 4.90 Å². The number of aliphatic hydroxyl groups is 1. The smallest absolute Gasteiger partial charge is 0.130 e. The van der Waals surface area contributed by atoms with Crippen LogP contribution in [0.3, 0.4) is 0 Å². The number of fused-ring (bicyclic) bond motifs is 1. The zero-order valence-corrected chi connectivity index (χ0v) is 14.5. The fourth-order valence-electron chi connectivity index (χ4n) is 3.26. The van der Waals surface area contributed by atoms with Crippen molar-refractivity contribution in [3.63, 3.8) is 0 Å². The molecule has 2 aromatic rings. The molecule has 5 nitrogen and oxygen atoms in total. The summed E-state index contributed by atoms with van der Waals surface area (Å²) in [4.78, 5) is 9.23. The topological polar surface area (TPSA) is 63.4 Å². The number of aromatic nitrogens is 1. The number of hydrogen-bond donors (Lipinski definition) is 1. The van der Waals surface area contributed by atoms with E-state index in [-0.39, 0.29) is 12.6 Å². The number of benzene rings is 1. The Balaban J connectivity index is 1.84. The number of pyridine rings is 1. The third-order valence-corrected chi connectivity index (χ3v) is 4.95. The molecule has 1 aromatic carbocycles. The number of anilines is 1. The number of piperazine rings is 1. The van der Waals surface area contributed by atoms with Crippen LogP contribution in [0.2, 0.25) is 5.02 Å². The second kappa shape index (κ2) is 7.35. The van der Waals surface area contributed by atoms with Crippen LogP contribution in [0.4, 0.5) is 5.82 Å². The number of hydrogen-bond acceptors (Lipinski definition) is 5. The van der Waals surface area contributed by atoms with E-state index in [1.165, 1.54) is 0 Å². The molecule has 1 aromatic heterocycles. The average Bonchev–Trinajstić information content (AvgIpc) is 2.62. The molecule has 0 spiro atoms. The molecule has 0 amide bonds. The van der Waals surface area contributed by atoms with Gasteiger partial charge in [0.1, 0.15) is 5.82 Å². The van der Waals surface area contributed by atoms with Crippen molar-refractivity contribution in [2.75, 3.05) is 37.7 Å². The molecule has 0 aliphatic carbocycles. The fourth-order valence-corrected chi connectivity index (χ4v) is 3.43. The number of rotatable bonds is 4. The van der Waals surface area contributed by atoms with Crippen LogP contribution in [0.25, 0.3) is 10.9 Å². The number of nitrogens with zero attached hydrogens (tertiary/aromatic N) is 4. The van der Waals surface area contributed by atoms with Crippen molar-refractivity contribution in [3.8, 4) is 6.07 Å². The van der Waals surface area contributed by atoms with Gasteiger partial charge in [0.2, 0.25) is 0 Å². The zero-order valence-electron chi connectivity index (χ0n) is 13.7. The van der Waals surface area contributed by atoms with Crippen LogP contribution < -0.4 is 4.90 Å². The minimum Gasteiger partial charge on any atom is -0.395 e. The minimum absolute atomic E-state index is 0.198. The molecule has 1 N–H and O–H groups in total. The highest BCUT2D eigenvalue weighted by Crippen LogP contribution is 2.26. The maximum absolute atomic E-state index is 9.46. The van der Waals surface area contributed by atoms with Gasteiger partial charge in [-0.05, 0) is 30.7 Å². The highest BCUT2D eigenvalue weighted by atomic mass is 35.5. The molecule has 0 bridgehead atoms. The second-order valence-electron chi connectivity index (χ2n) is 6.07. The van der Waals surface area contributed by atoms with Crippen LogP contribution in [-0.2, 0) is 0 Å². The molecule has 6 heteroatoms.